The lowest BCUT2D eigenvalue weighted by Gasteiger charge is -2.51. The lowest BCUT2D eigenvalue weighted by atomic mass is 9.71. The van der Waals surface area contributed by atoms with Gasteiger partial charge in [-0.1, -0.05) is 43.3 Å². The number of pyridine rings is 1. The summed E-state index contributed by atoms with van der Waals surface area (Å²) in [5, 5.41) is 2.86. The van der Waals surface area contributed by atoms with Crippen LogP contribution in [0.15, 0.2) is 79.0 Å². The highest BCUT2D eigenvalue weighted by Crippen LogP contribution is 2.45. The van der Waals surface area contributed by atoms with Gasteiger partial charge in [0, 0.05) is 55.0 Å². The van der Waals surface area contributed by atoms with Crippen molar-refractivity contribution < 1.29 is 9.59 Å². The summed E-state index contributed by atoms with van der Waals surface area (Å²) in [6, 6.07) is 24.2. The van der Waals surface area contributed by atoms with Crippen LogP contribution in [-0.4, -0.2) is 47.8 Å². The number of ketones is 1. The second kappa shape index (κ2) is 11.3. The molecule has 1 aliphatic carbocycles. The molecule has 0 bridgehead atoms. The Kier molecular flexibility index (Phi) is 7.65. The molecule has 5 rings (SSSR count). The Hall–Kier alpha value is -3.51. The van der Waals surface area contributed by atoms with Crippen LogP contribution in [0, 0.1) is 5.92 Å². The van der Waals surface area contributed by atoms with Gasteiger partial charge in [0.2, 0.25) is 5.78 Å². The van der Waals surface area contributed by atoms with E-state index in [2.05, 4.69) is 69.5 Å². The highest BCUT2D eigenvalue weighted by Gasteiger charge is 2.42. The van der Waals surface area contributed by atoms with Crippen LogP contribution in [0.4, 0.5) is 11.4 Å². The normalized spacial score (nSPS) is 22.4. The molecule has 2 aromatic carbocycles. The van der Waals surface area contributed by atoms with Gasteiger partial charge in [-0.05, 0) is 73.6 Å². The molecule has 1 saturated heterocycles. The zero-order valence-corrected chi connectivity index (χ0v) is 21.6. The standard InChI is InChI=1S/C31H36N4O2/c1-24-13-15-31(16-14-24,35-20-18-34(19-21-35)28-11-3-2-4-12-28)25-8-7-10-27(22-25)33-30(37)29(36)23-26-9-5-6-17-32-26/h2-12,17,22,24H,13-16,18-21,23H2,1H3,(H,33,37)/t24-,31-. The minimum absolute atomic E-state index is 0.000117. The fourth-order valence-corrected chi connectivity index (χ4v) is 5.89. The Morgan fingerprint density at radius 2 is 1.65 bits per heavy atom. The van der Waals surface area contributed by atoms with Crippen molar-refractivity contribution in [2.75, 3.05) is 36.4 Å². The largest absolute Gasteiger partial charge is 0.369 e. The quantitative estimate of drug-likeness (QED) is 0.463. The van der Waals surface area contributed by atoms with Gasteiger partial charge in [-0.15, -0.1) is 0 Å². The van der Waals surface area contributed by atoms with Crippen molar-refractivity contribution in [1.29, 1.82) is 0 Å². The molecular weight excluding hydrogens is 460 g/mol. The van der Waals surface area contributed by atoms with Gasteiger partial charge in [0.15, 0.2) is 0 Å². The average molecular weight is 497 g/mol. The van der Waals surface area contributed by atoms with Crippen molar-refractivity contribution in [1.82, 2.24) is 9.88 Å². The molecule has 37 heavy (non-hydrogen) atoms. The molecule has 2 fully saturated rings. The van der Waals surface area contributed by atoms with Crippen LogP contribution in [-0.2, 0) is 21.5 Å². The first-order valence-corrected chi connectivity index (χ1v) is 13.4. The Bertz CT molecular complexity index is 1200. The Balaban J connectivity index is 1.32. The van der Waals surface area contributed by atoms with Gasteiger partial charge >= 0.3 is 0 Å². The summed E-state index contributed by atoms with van der Waals surface area (Å²) in [6.45, 7) is 6.35. The van der Waals surface area contributed by atoms with Crippen LogP contribution in [0.5, 0.6) is 0 Å². The Morgan fingerprint density at radius 1 is 0.919 bits per heavy atom. The molecule has 0 unspecified atom stereocenters. The van der Waals surface area contributed by atoms with E-state index in [-0.39, 0.29) is 12.0 Å². The monoisotopic (exact) mass is 496 g/mol. The highest BCUT2D eigenvalue weighted by molar-refractivity contribution is 6.41. The summed E-state index contributed by atoms with van der Waals surface area (Å²) in [4.78, 5) is 34.5. The van der Waals surface area contributed by atoms with E-state index in [0.717, 1.165) is 44.9 Å². The molecule has 1 aromatic heterocycles. The molecule has 0 radical (unpaired) electrons. The predicted molar refractivity (Wildman–Crippen MR) is 148 cm³/mol. The molecule has 2 aliphatic rings. The second-order valence-electron chi connectivity index (χ2n) is 10.5. The van der Waals surface area contributed by atoms with E-state index in [1.807, 2.05) is 18.2 Å². The fraction of sp³-hybridized carbons (Fsp3) is 0.387. The van der Waals surface area contributed by atoms with Gasteiger partial charge in [0.25, 0.3) is 5.91 Å². The van der Waals surface area contributed by atoms with Gasteiger partial charge in [0.1, 0.15) is 0 Å². The molecule has 1 amide bonds. The molecule has 192 valence electrons. The number of nitrogens with zero attached hydrogens (tertiary/aromatic N) is 3. The van der Waals surface area contributed by atoms with Gasteiger partial charge < -0.3 is 10.2 Å². The molecule has 2 heterocycles. The lowest BCUT2D eigenvalue weighted by molar-refractivity contribution is -0.134. The first-order chi connectivity index (χ1) is 18.0. The van der Waals surface area contributed by atoms with E-state index >= 15 is 0 Å². The number of amides is 1. The van der Waals surface area contributed by atoms with E-state index < -0.39 is 11.7 Å². The predicted octanol–water partition coefficient (Wildman–Crippen LogP) is 5.06. The number of aromatic nitrogens is 1. The maximum absolute atomic E-state index is 12.7. The zero-order chi connectivity index (χ0) is 25.7. The Morgan fingerprint density at radius 3 is 2.35 bits per heavy atom. The van der Waals surface area contributed by atoms with Crippen LogP contribution >= 0.6 is 0 Å². The van der Waals surface area contributed by atoms with Gasteiger partial charge in [-0.3, -0.25) is 19.5 Å². The number of hydrogen-bond donors (Lipinski definition) is 1. The minimum atomic E-state index is -0.592. The first kappa shape index (κ1) is 25.2. The summed E-state index contributed by atoms with van der Waals surface area (Å²) in [5.41, 5.74) is 3.75. The number of para-hydroxylation sites is 1. The van der Waals surface area contributed by atoms with E-state index in [1.54, 1.807) is 18.3 Å². The molecule has 1 N–H and O–H groups in total. The lowest BCUT2D eigenvalue weighted by Crippen LogP contribution is -2.56. The smallest absolute Gasteiger partial charge is 0.292 e. The minimum Gasteiger partial charge on any atom is -0.369 e. The van der Waals surface area contributed by atoms with Crippen LogP contribution in [0.1, 0.15) is 43.9 Å². The Labute approximate surface area is 219 Å². The van der Waals surface area contributed by atoms with Crippen molar-refractivity contribution in [2.24, 2.45) is 5.92 Å². The van der Waals surface area contributed by atoms with Crippen LogP contribution in [0.2, 0.25) is 0 Å². The summed E-state index contributed by atoms with van der Waals surface area (Å²) >= 11 is 0. The van der Waals surface area contributed by atoms with E-state index in [0.29, 0.717) is 11.4 Å². The number of carbonyl (C=O) groups is 2. The zero-order valence-electron chi connectivity index (χ0n) is 21.6. The maximum atomic E-state index is 12.7. The number of hydrogen-bond acceptors (Lipinski definition) is 5. The SMILES string of the molecule is C[C@H]1CC[C@](c2cccc(NC(=O)C(=O)Cc3ccccn3)c2)(N2CCN(c3ccccc3)CC2)CC1. The summed E-state index contributed by atoms with van der Waals surface area (Å²) in [5.74, 6) is -0.348. The molecule has 1 saturated carbocycles. The van der Waals surface area contributed by atoms with Crippen molar-refractivity contribution in [2.45, 2.75) is 44.6 Å². The number of piperazine rings is 1. The van der Waals surface area contributed by atoms with Crippen molar-refractivity contribution in [3.63, 3.8) is 0 Å². The van der Waals surface area contributed by atoms with E-state index in [4.69, 9.17) is 0 Å². The fourth-order valence-electron chi connectivity index (χ4n) is 5.89. The van der Waals surface area contributed by atoms with Crippen molar-refractivity contribution in [3.8, 4) is 0 Å². The second-order valence-corrected chi connectivity index (χ2v) is 10.5. The van der Waals surface area contributed by atoms with Crippen molar-refractivity contribution >= 4 is 23.1 Å². The number of benzene rings is 2. The summed E-state index contributed by atoms with van der Waals surface area (Å²) in [6.07, 6.45) is 6.23. The molecule has 6 nitrogen and oxygen atoms in total. The number of anilines is 2. The average Bonchev–Trinajstić information content (AvgIpc) is 2.95. The third-order valence-electron chi connectivity index (χ3n) is 8.09. The number of nitrogens with one attached hydrogen (secondary N) is 1. The molecule has 1 aliphatic heterocycles. The topological polar surface area (TPSA) is 65.5 Å². The molecule has 0 atom stereocenters. The van der Waals surface area contributed by atoms with Crippen LogP contribution in [0.25, 0.3) is 0 Å². The van der Waals surface area contributed by atoms with Crippen LogP contribution in [0.3, 0.4) is 0 Å². The molecule has 3 aromatic rings. The summed E-state index contributed by atoms with van der Waals surface area (Å²) in [7, 11) is 0. The first-order valence-electron chi connectivity index (χ1n) is 13.4. The van der Waals surface area contributed by atoms with Gasteiger partial charge in [-0.2, -0.15) is 0 Å². The van der Waals surface area contributed by atoms with Crippen LogP contribution < -0.4 is 10.2 Å². The van der Waals surface area contributed by atoms with Gasteiger partial charge in [-0.25, -0.2) is 0 Å². The molecule has 0 spiro atoms. The third-order valence-corrected chi connectivity index (χ3v) is 8.09. The summed E-state index contributed by atoms with van der Waals surface area (Å²) < 4.78 is 0. The number of carbonyl (C=O) groups excluding carboxylic acids is 2. The maximum Gasteiger partial charge on any atom is 0.292 e. The van der Waals surface area contributed by atoms with Gasteiger partial charge in [0.05, 0.1) is 6.42 Å². The molecular formula is C31H36N4O2. The number of Topliss-reactive ketones (excluding diaryl/α,β-unsaturated/α-hetero) is 1. The van der Waals surface area contributed by atoms with E-state index in [1.165, 1.54) is 24.1 Å². The van der Waals surface area contributed by atoms with Crippen molar-refractivity contribution in [3.05, 3.63) is 90.3 Å². The number of rotatable bonds is 7. The third kappa shape index (κ3) is 5.75. The highest BCUT2D eigenvalue weighted by atomic mass is 16.2. The molecule has 6 heteroatoms. The van der Waals surface area contributed by atoms with E-state index in [9.17, 15) is 9.59 Å².